The zero-order valence-electron chi connectivity index (χ0n) is 8.95. The molecular weight excluding hydrogens is 243 g/mol. The highest BCUT2D eigenvalue weighted by atomic mass is 19.3. The molecule has 0 atom stereocenters. The second kappa shape index (κ2) is 4.80. The SMILES string of the molecule is N#Cc1ccc(-c2ccc(OF)cc2F)cc1F. The predicted molar refractivity (Wildman–Crippen MR) is 58.2 cm³/mol. The van der Waals surface area contributed by atoms with E-state index in [-0.39, 0.29) is 22.4 Å². The Kier molecular flexibility index (Phi) is 3.20. The Morgan fingerprint density at radius 1 is 1.00 bits per heavy atom. The van der Waals surface area contributed by atoms with Gasteiger partial charge in [0.05, 0.1) is 5.56 Å². The third-order valence-corrected chi connectivity index (χ3v) is 2.43. The first-order valence-corrected chi connectivity index (χ1v) is 4.94. The minimum atomic E-state index is -0.741. The largest absolute Gasteiger partial charge is 0.294 e. The summed E-state index contributed by atoms with van der Waals surface area (Å²) >= 11 is 0. The van der Waals surface area contributed by atoms with Gasteiger partial charge in [0.2, 0.25) is 0 Å². The van der Waals surface area contributed by atoms with Crippen LogP contribution < -0.4 is 4.94 Å². The van der Waals surface area contributed by atoms with Crippen molar-refractivity contribution < 1.29 is 18.2 Å². The number of nitriles is 1. The van der Waals surface area contributed by atoms with Gasteiger partial charge in [-0.15, -0.1) is 0 Å². The van der Waals surface area contributed by atoms with Crippen LogP contribution in [0.4, 0.5) is 13.3 Å². The summed E-state index contributed by atoms with van der Waals surface area (Å²) in [5.74, 6) is -1.75. The number of hydrogen-bond donors (Lipinski definition) is 0. The molecule has 0 bridgehead atoms. The van der Waals surface area contributed by atoms with Crippen molar-refractivity contribution in [2.75, 3.05) is 0 Å². The third-order valence-electron chi connectivity index (χ3n) is 2.43. The van der Waals surface area contributed by atoms with Crippen LogP contribution in [0.1, 0.15) is 5.56 Å². The molecule has 0 fully saturated rings. The molecular formula is C13H6F3NO. The Bertz CT molecular complexity index is 635. The van der Waals surface area contributed by atoms with Crippen LogP contribution in [0.3, 0.4) is 0 Å². The maximum atomic E-state index is 13.6. The average molecular weight is 249 g/mol. The van der Waals surface area contributed by atoms with Crippen molar-refractivity contribution in [3.63, 3.8) is 0 Å². The molecule has 0 aromatic heterocycles. The second-order valence-electron chi connectivity index (χ2n) is 3.53. The molecule has 0 aliphatic carbocycles. The van der Waals surface area contributed by atoms with Crippen LogP contribution in [0.15, 0.2) is 36.4 Å². The molecule has 90 valence electrons. The lowest BCUT2D eigenvalue weighted by Gasteiger charge is -2.05. The summed E-state index contributed by atoms with van der Waals surface area (Å²) in [6.45, 7) is 0. The average Bonchev–Trinajstić information content (AvgIpc) is 2.38. The number of halogens is 3. The number of nitrogens with zero attached hydrogens (tertiary/aromatic N) is 1. The summed E-state index contributed by atoms with van der Waals surface area (Å²) in [5, 5.41) is 8.58. The summed E-state index contributed by atoms with van der Waals surface area (Å²) in [6.07, 6.45) is 0. The van der Waals surface area contributed by atoms with Gasteiger partial charge in [-0.2, -0.15) is 5.26 Å². The first kappa shape index (κ1) is 12.0. The van der Waals surface area contributed by atoms with Gasteiger partial charge in [0.1, 0.15) is 17.7 Å². The van der Waals surface area contributed by atoms with E-state index in [0.29, 0.717) is 0 Å². The highest BCUT2D eigenvalue weighted by Crippen LogP contribution is 2.27. The standard InChI is InChI=1S/C13H6F3NO/c14-12-5-8(1-2-9(12)7-17)11-4-3-10(18-16)6-13(11)15/h1-6H. The smallest absolute Gasteiger partial charge is 0.174 e. The zero-order valence-corrected chi connectivity index (χ0v) is 8.95. The molecule has 2 nitrogen and oxygen atoms in total. The van der Waals surface area contributed by atoms with Crippen molar-refractivity contribution in [2.45, 2.75) is 0 Å². The Balaban J connectivity index is 2.49. The molecule has 0 N–H and O–H groups in total. The van der Waals surface area contributed by atoms with Crippen molar-refractivity contribution in [3.05, 3.63) is 53.6 Å². The molecule has 0 aliphatic rings. The van der Waals surface area contributed by atoms with Gasteiger partial charge < -0.3 is 0 Å². The number of hydrogen-bond acceptors (Lipinski definition) is 2. The van der Waals surface area contributed by atoms with Crippen molar-refractivity contribution in [1.82, 2.24) is 0 Å². The first-order chi connectivity index (χ1) is 8.65. The third kappa shape index (κ3) is 2.13. The summed E-state index contributed by atoms with van der Waals surface area (Å²) in [7, 11) is 0. The summed E-state index contributed by atoms with van der Waals surface area (Å²) in [6, 6.07) is 8.72. The van der Waals surface area contributed by atoms with Gasteiger partial charge >= 0.3 is 0 Å². The summed E-state index contributed by atoms with van der Waals surface area (Å²) in [5.41, 5.74) is 0.233. The number of rotatable bonds is 2. The first-order valence-electron chi connectivity index (χ1n) is 4.94. The Morgan fingerprint density at radius 3 is 2.33 bits per heavy atom. The lowest BCUT2D eigenvalue weighted by molar-refractivity contribution is -0.00652. The molecule has 0 saturated heterocycles. The Hall–Kier alpha value is -2.48. The quantitative estimate of drug-likeness (QED) is 0.811. The van der Waals surface area contributed by atoms with Gasteiger partial charge in [-0.05, 0) is 29.8 Å². The summed E-state index contributed by atoms with van der Waals surface area (Å²) < 4.78 is 38.8. The van der Waals surface area contributed by atoms with Crippen LogP contribution >= 0.6 is 0 Å². The van der Waals surface area contributed by atoms with Crippen molar-refractivity contribution in [1.29, 1.82) is 5.26 Å². The van der Waals surface area contributed by atoms with Gasteiger partial charge in [0, 0.05) is 16.2 Å². The molecule has 0 saturated carbocycles. The fourth-order valence-electron chi connectivity index (χ4n) is 1.55. The second-order valence-corrected chi connectivity index (χ2v) is 3.53. The monoisotopic (exact) mass is 249 g/mol. The highest BCUT2D eigenvalue weighted by Gasteiger charge is 2.10. The molecule has 2 rings (SSSR count). The van der Waals surface area contributed by atoms with Crippen molar-refractivity contribution in [2.24, 2.45) is 0 Å². The van der Waals surface area contributed by atoms with Crippen molar-refractivity contribution >= 4 is 0 Å². The van der Waals surface area contributed by atoms with Crippen molar-refractivity contribution in [3.8, 4) is 22.9 Å². The highest BCUT2D eigenvalue weighted by molar-refractivity contribution is 5.66. The predicted octanol–water partition coefficient (Wildman–Crippen LogP) is 3.77. The van der Waals surface area contributed by atoms with E-state index in [2.05, 4.69) is 4.94 Å². The molecule has 2 aromatic carbocycles. The van der Waals surface area contributed by atoms with Gasteiger partial charge in [-0.25, -0.2) is 8.78 Å². The van der Waals surface area contributed by atoms with Gasteiger partial charge in [-0.1, -0.05) is 6.07 Å². The molecule has 5 heteroatoms. The molecule has 0 radical (unpaired) electrons. The van der Waals surface area contributed by atoms with Gasteiger partial charge in [0.25, 0.3) is 0 Å². The molecule has 0 heterocycles. The molecule has 2 aromatic rings. The topological polar surface area (TPSA) is 33.0 Å². The fourth-order valence-corrected chi connectivity index (χ4v) is 1.55. The number of benzene rings is 2. The van der Waals surface area contributed by atoms with Gasteiger partial charge in [0.15, 0.2) is 5.75 Å². The molecule has 0 unspecified atom stereocenters. The van der Waals surface area contributed by atoms with Crippen LogP contribution in [-0.2, 0) is 0 Å². The minimum absolute atomic E-state index is 0.0965. The van der Waals surface area contributed by atoms with Crippen LogP contribution in [0.2, 0.25) is 0 Å². The van der Waals surface area contributed by atoms with E-state index in [1.165, 1.54) is 24.3 Å². The van der Waals surface area contributed by atoms with E-state index >= 15 is 0 Å². The van der Waals surface area contributed by atoms with E-state index in [4.69, 9.17) is 5.26 Å². The lowest BCUT2D eigenvalue weighted by Crippen LogP contribution is -1.89. The van der Waals surface area contributed by atoms with E-state index < -0.39 is 11.6 Å². The van der Waals surface area contributed by atoms with Crippen LogP contribution in [0.25, 0.3) is 11.1 Å². The van der Waals surface area contributed by atoms with Crippen LogP contribution in [0.5, 0.6) is 5.75 Å². The molecule has 0 amide bonds. The normalized spacial score (nSPS) is 9.89. The molecule has 18 heavy (non-hydrogen) atoms. The van der Waals surface area contributed by atoms with E-state index in [1.54, 1.807) is 6.07 Å². The zero-order chi connectivity index (χ0) is 13.1. The minimum Gasteiger partial charge on any atom is -0.294 e. The summed E-state index contributed by atoms with van der Waals surface area (Å²) in [4.78, 5) is 3.39. The molecule has 0 aliphatic heterocycles. The van der Waals surface area contributed by atoms with Gasteiger partial charge in [-0.3, -0.25) is 4.94 Å². The van der Waals surface area contributed by atoms with E-state index in [1.807, 2.05) is 0 Å². The Morgan fingerprint density at radius 2 is 1.78 bits per heavy atom. The molecule has 0 spiro atoms. The van der Waals surface area contributed by atoms with Crippen LogP contribution in [0, 0.1) is 23.0 Å². The van der Waals surface area contributed by atoms with E-state index in [0.717, 1.165) is 12.1 Å². The lowest BCUT2D eigenvalue weighted by atomic mass is 10.0. The fraction of sp³-hybridized carbons (Fsp3) is 0. The van der Waals surface area contributed by atoms with E-state index in [9.17, 15) is 13.3 Å². The van der Waals surface area contributed by atoms with Crippen LogP contribution in [-0.4, -0.2) is 0 Å². The maximum absolute atomic E-state index is 13.6. The Labute approximate surface area is 101 Å². The maximum Gasteiger partial charge on any atom is 0.174 e.